The number of rotatable bonds is 10. The lowest BCUT2D eigenvalue weighted by Gasteiger charge is -2.19. The molecule has 2 aromatic rings. The van der Waals surface area contributed by atoms with Crippen molar-refractivity contribution in [3.05, 3.63) is 42.0 Å². The number of ether oxygens (including phenoxy) is 2. The summed E-state index contributed by atoms with van der Waals surface area (Å²) in [6, 6.07) is 8.54. The first-order valence-electron chi connectivity index (χ1n) is 9.82. The van der Waals surface area contributed by atoms with Crippen molar-refractivity contribution in [2.24, 2.45) is 0 Å². The summed E-state index contributed by atoms with van der Waals surface area (Å²) in [5.41, 5.74) is 0.276. The van der Waals surface area contributed by atoms with Gasteiger partial charge in [0, 0.05) is 18.7 Å². The Balaban J connectivity index is 2.34. The van der Waals surface area contributed by atoms with Crippen LogP contribution in [0.1, 0.15) is 38.1 Å². The molecule has 8 nitrogen and oxygen atoms in total. The van der Waals surface area contributed by atoms with Crippen molar-refractivity contribution in [1.29, 1.82) is 0 Å². The summed E-state index contributed by atoms with van der Waals surface area (Å²) in [4.78, 5) is 12.7. The summed E-state index contributed by atoms with van der Waals surface area (Å²) >= 11 is 0. The number of hydrogen-bond acceptors (Lipinski definition) is 6. The highest BCUT2D eigenvalue weighted by Crippen LogP contribution is 2.31. The first-order valence-corrected chi connectivity index (χ1v) is 11.3. The van der Waals surface area contributed by atoms with Crippen LogP contribution in [0.25, 0.3) is 0 Å². The van der Waals surface area contributed by atoms with Crippen molar-refractivity contribution in [1.82, 2.24) is 4.31 Å². The molecular formula is C21H28N2O6S. The van der Waals surface area contributed by atoms with Gasteiger partial charge in [-0.3, -0.25) is 4.79 Å². The Bertz CT molecular complexity index is 987. The van der Waals surface area contributed by atoms with E-state index in [1.54, 1.807) is 26.0 Å². The van der Waals surface area contributed by atoms with E-state index in [1.807, 2.05) is 13.8 Å². The molecule has 0 unspecified atom stereocenters. The minimum atomic E-state index is -3.73. The number of carbonyl (C=O) groups excluding carboxylic acids is 1. The van der Waals surface area contributed by atoms with Crippen molar-refractivity contribution < 1.29 is 27.8 Å². The van der Waals surface area contributed by atoms with E-state index in [0.717, 1.165) is 0 Å². The summed E-state index contributed by atoms with van der Waals surface area (Å²) in [7, 11) is -3.73. The number of amides is 1. The lowest BCUT2D eigenvalue weighted by molar-refractivity contribution is 0.102. The monoisotopic (exact) mass is 436 g/mol. The Morgan fingerprint density at radius 2 is 1.60 bits per heavy atom. The summed E-state index contributed by atoms with van der Waals surface area (Å²) in [5.74, 6) is 0.185. The topological polar surface area (TPSA) is 105 Å². The van der Waals surface area contributed by atoms with Gasteiger partial charge in [0.25, 0.3) is 5.91 Å². The van der Waals surface area contributed by atoms with Crippen LogP contribution in [0.5, 0.6) is 17.2 Å². The lowest BCUT2D eigenvalue weighted by Crippen LogP contribution is -2.30. The Labute approximate surface area is 177 Å². The Kier molecular flexibility index (Phi) is 8.08. The molecule has 2 N–H and O–H groups in total. The number of carbonyl (C=O) groups is 1. The van der Waals surface area contributed by atoms with Gasteiger partial charge in [-0.05, 0) is 50.2 Å². The highest BCUT2D eigenvalue weighted by molar-refractivity contribution is 7.89. The van der Waals surface area contributed by atoms with Gasteiger partial charge in [0.2, 0.25) is 10.0 Å². The number of nitrogens with zero attached hydrogens (tertiary/aromatic N) is 1. The fraction of sp³-hybridized carbons (Fsp3) is 0.381. The third-order valence-electron chi connectivity index (χ3n) is 4.36. The molecule has 2 aromatic carbocycles. The van der Waals surface area contributed by atoms with E-state index >= 15 is 0 Å². The Morgan fingerprint density at radius 1 is 0.967 bits per heavy atom. The third kappa shape index (κ3) is 5.22. The molecule has 9 heteroatoms. The molecule has 0 aliphatic rings. The van der Waals surface area contributed by atoms with Crippen molar-refractivity contribution in [2.45, 2.75) is 32.6 Å². The smallest absolute Gasteiger partial charge is 0.255 e. The average Bonchev–Trinajstić information content (AvgIpc) is 2.71. The minimum Gasteiger partial charge on any atom is -0.506 e. The zero-order valence-electron chi connectivity index (χ0n) is 17.6. The molecule has 0 fully saturated rings. The highest BCUT2D eigenvalue weighted by Gasteiger charge is 2.23. The predicted octanol–water partition coefficient (Wildman–Crippen LogP) is 3.47. The van der Waals surface area contributed by atoms with Crippen LogP contribution < -0.4 is 14.8 Å². The van der Waals surface area contributed by atoms with Gasteiger partial charge >= 0.3 is 0 Å². The predicted molar refractivity (Wildman–Crippen MR) is 115 cm³/mol. The maximum Gasteiger partial charge on any atom is 0.255 e. The number of anilines is 1. The normalized spacial score (nSPS) is 11.4. The van der Waals surface area contributed by atoms with Gasteiger partial charge in [0.1, 0.15) is 5.75 Å². The zero-order valence-corrected chi connectivity index (χ0v) is 18.5. The largest absolute Gasteiger partial charge is 0.506 e. The SMILES string of the molecule is CCOc1ccc(C(=O)Nc2cc(S(=O)(=O)N(CC)CC)ccc2O)cc1OCC. The zero-order chi connectivity index (χ0) is 22.3. The molecule has 0 saturated heterocycles. The Hall–Kier alpha value is -2.78. The van der Waals surface area contributed by atoms with E-state index in [0.29, 0.717) is 37.8 Å². The molecule has 0 bridgehead atoms. The molecule has 0 aliphatic carbocycles. The van der Waals surface area contributed by atoms with Crippen LogP contribution in [0.15, 0.2) is 41.3 Å². The van der Waals surface area contributed by atoms with Crippen LogP contribution >= 0.6 is 0 Å². The van der Waals surface area contributed by atoms with Crippen LogP contribution in [-0.4, -0.2) is 50.0 Å². The van der Waals surface area contributed by atoms with E-state index in [2.05, 4.69) is 5.32 Å². The second-order valence-corrected chi connectivity index (χ2v) is 8.19. The molecule has 0 heterocycles. The van der Waals surface area contributed by atoms with Crippen LogP contribution in [0.4, 0.5) is 5.69 Å². The number of benzene rings is 2. The van der Waals surface area contributed by atoms with Gasteiger partial charge in [-0.1, -0.05) is 13.8 Å². The van der Waals surface area contributed by atoms with E-state index in [4.69, 9.17) is 9.47 Å². The molecule has 0 aliphatic heterocycles. The second-order valence-electron chi connectivity index (χ2n) is 6.25. The van der Waals surface area contributed by atoms with Crippen molar-refractivity contribution in [3.8, 4) is 17.2 Å². The summed E-state index contributed by atoms with van der Waals surface area (Å²) in [6.45, 7) is 8.63. The first kappa shape index (κ1) is 23.5. The number of aromatic hydroxyl groups is 1. The van der Waals surface area contributed by atoms with Gasteiger partial charge in [0.15, 0.2) is 11.5 Å². The van der Waals surface area contributed by atoms with Gasteiger partial charge in [-0.25, -0.2) is 8.42 Å². The maximum atomic E-state index is 12.7. The number of phenols is 1. The van der Waals surface area contributed by atoms with E-state index in [-0.39, 0.29) is 21.9 Å². The van der Waals surface area contributed by atoms with Crippen molar-refractivity contribution in [3.63, 3.8) is 0 Å². The minimum absolute atomic E-state index is 0.0000701. The second kappa shape index (κ2) is 10.3. The molecule has 0 spiro atoms. The summed E-state index contributed by atoms with van der Waals surface area (Å²) in [5, 5.41) is 12.7. The van der Waals surface area contributed by atoms with Crippen LogP contribution in [0.3, 0.4) is 0 Å². The van der Waals surface area contributed by atoms with Crippen LogP contribution in [-0.2, 0) is 10.0 Å². The van der Waals surface area contributed by atoms with Crippen molar-refractivity contribution in [2.75, 3.05) is 31.6 Å². The molecule has 30 heavy (non-hydrogen) atoms. The van der Waals surface area contributed by atoms with E-state index in [9.17, 15) is 18.3 Å². The first-order chi connectivity index (χ1) is 14.3. The molecule has 1 amide bonds. The maximum absolute atomic E-state index is 12.7. The third-order valence-corrected chi connectivity index (χ3v) is 6.41. The molecular weight excluding hydrogens is 408 g/mol. The number of nitrogens with one attached hydrogen (secondary N) is 1. The van der Waals surface area contributed by atoms with E-state index in [1.165, 1.54) is 28.6 Å². The molecule has 2 rings (SSSR count). The quantitative estimate of drug-likeness (QED) is 0.553. The molecule has 0 saturated carbocycles. The Morgan fingerprint density at radius 3 is 2.20 bits per heavy atom. The fourth-order valence-corrected chi connectivity index (χ4v) is 4.36. The molecule has 164 valence electrons. The molecule has 0 atom stereocenters. The molecule has 0 aromatic heterocycles. The van der Waals surface area contributed by atoms with Gasteiger partial charge in [-0.15, -0.1) is 0 Å². The lowest BCUT2D eigenvalue weighted by atomic mass is 10.1. The van der Waals surface area contributed by atoms with Crippen LogP contribution in [0, 0.1) is 0 Å². The van der Waals surface area contributed by atoms with E-state index < -0.39 is 15.9 Å². The van der Waals surface area contributed by atoms with Crippen molar-refractivity contribution >= 4 is 21.6 Å². The van der Waals surface area contributed by atoms with Gasteiger partial charge in [-0.2, -0.15) is 4.31 Å². The summed E-state index contributed by atoms with van der Waals surface area (Å²) in [6.07, 6.45) is 0. The standard InChI is InChI=1S/C21H28N2O6S/c1-5-23(6-2)30(26,27)16-10-11-18(24)17(14-16)22-21(25)15-9-12-19(28-7-3)20(13-15)29-8-4/h9-14,24H,5-8H2,1-4H3,(H,22,25). The fourth-order valence-electron chi connectivity index (χ4n) is 2.88. The van der Waals surface area contributed by atoms with Crippen LogP contribution in [0.2, 0.25) is 0 Å². The number of sulfonamides is 1. The highest BCUT2D eigenvalue weighted by atomic mass is 32.2. The number of hydrogen-bond donors (Lipinski definition) is 2. The molecule has 0 radical (unpaired) electrons. The van der Waals surface area contributed by atoms with Gasteiger partial charge < -0.3 is 19.9 Å². The number of phenolic OH excluding ortho intramolecular Hbond substituents is 1. The van der Waals surface area contributed by atoms with Gasteiger partial charge in [0.05, 0.1) is 23.8 Å². The summed E-state index contributed by atoms with van der Waals surface area (Å²) < 4.78 is 37.8. The average molecular weight is 437 g/mol.